The number of aliphatic hydroxyl groups excluding tert-OH is 1. The predicted octanol–water partition coefficient (Wildman–Crippen LogP) is 2.26. The van der Waals surface area contributed by atoms with Gasteiger partial charge in [-0.25, -0.2) is 0 Å². The van der Waals surface area contributed by atoms with Crippen LogP contribution in [0.25, 0.3) is 0 Å². The first-order chi connectivity index (χ1) is 5.33. The van der Waals surface area contributed by atoms with Gasteiger partial charge in [-0.2, -0.15) is 0 Å². The molecular weight excluding hydrogens is 156 g/mol. The van der Waals surface area contributed by atoms with Gasteiger partial charge in [0.2, 0.25) is 0 Å². The fourth-order valence-corrected chi connectivity index (χ4v) is 1.73. The summed E-state index contributed by atoms with van der Waals surface area (Å²) in [5.41, 5.74) is 0. The van der Waals surface area contributed by atoms with Crippen LogP contribution in [0.1, 0.15) is 11.8 Å². The molecular formula is C9H10OS. The summed E-state index contributed by atoms with van der Waals surface area (Å²) in [5, 5.41) is 10.4. The van der Waals surface area contributed by atoms with E-state index in [2.05, 4.69) is 17.4 Å². The highest BCUT2D eigenvalue weighted by atomic mass is 32.1. The number of thiophene rings is 1. The van der Waals surface area contributed by atoms with Crippen LogP contribution < -0.4 is 0 Å². The van der Waals surface area contributed by atoms with Gasteiger partial charge in [0.1, 0.15) is 6.11 Å². The van der Waals surface area contributed by atoms with Crippen molar-refractivity contribution in [2.45, 2.75) is 13.3 Å². The molecule has 1 heterocycles. The third-order valence-corrected chi connectivity index (χ3v) is 2.30. The summed E-state index contributed by atoms with van der Waals surface area (Å²) in [5.74, 6) is 2.94. The molecule has 1 aromatic rings. The lowest BCUT2D eigenvalue weighted by Gasteiger charge is -1.98. The molecule has 1 aromatic heterocycles. The summed E-state index contributed by atoms with van der Waals surface area (Å²) >= 11 is 1.73. The summed E-state index contributed by atoms with van der Waals surface area (Å²) in [6.07, 6.45) is 2.87. The normalized spacial score (nSPS) is 11.7. The fourth-order valence-electron chi connectivity index (χ4n) is 0.892. The lowest BCUT2D eigenvalue weighted by atomic mass is 10.1. The van der Waals surface area contributed by atoms with Crippen LogP contribution >= 0.6 is 11.3 Å². The van der Waals surface area contributed by atoms with Crippen LogP contribution in [-0.4, -0.2) is 5.11 Å². The van der Waals surface area contributed by atoms with E-state index in [0.717, 1.165) is 6.42 Å². The maximum Gasteiger partial charge on any atom is 0.107 e. The van der Waals surface area contributed by atoms with Crippen LogP contribution in [0, 0.1) is 17.9 Å². The summed E-state index contributed by atoms with van der Waals surface area (Å²) in [6.45, 7) is 2.00. The monoisotopic (exact) mass is 166 g/mol. The highest BCUT2D eigenvalue weighted by molar-refractivity contribution is 7.09. The molecule has 0 amide bonds. The number of rotatable bonds is 2. The SMILES string of the molecule is CC(C#CO)Cc1cccs1. The van der Waals surface area contributed by atoms with Gasteiger partial charge in [0.25, 0.3) is 0 Å². The summed E-state index contributed by atoms with van der Waals surface area (Å²) in [4.78, 5) is 1.32. The van der Waals surface area contributed by atoms with E-state index < -0.39 is 0 Å². The van der Waals surface area contributed by atoms with Crippen molar-refractivity contribution in [3.63, 3.8) is 0 Å². The smallest absolute Gasteiger partial charge is 0.107 e. The zero-order valence-electron chi connectivity index (χ0n) is 6.37. The zero-order valence-corrected chi connectivity index (χ0v) is 7.19. The van der Waals surface area contributed by atoms with Gasteiger partial charge in [0.15, 0.2) is 0 Å². The molecule has 0 aliphatic rings. The van der Waals surface area contributed by atoms with Crippen molar-refractivity contribution in [2.75, 3.05) is 0 Å². The lowest BCUT2D eigenvalue weighted by Crippen LogP contribution is -1.93. The highest BCUT2D eigenvalue weighted by Gasteiger charge is 1.99. The molecule has 0 aliphatic carbocycles. The quantitative estimate of drug-likeness (QED) is 0.668. The van der Waals surface area contributed by atoms with Gasteiger partial charge < -0.3 is 5.11 Å². The first kappa shape index (κ1) is 8.16. The van der Waals surface area contributed by atoms with Crippen molar-refractivity contribution in [2.24, 2.45) is 5.92 Å². The van der Waals surface area contributed by atoms with Crippen LogP contribution in [0.15, 0.2) is 17.5 Å². The maximum absolute atomic E-state index is 8.31. The van der Waals surface area contributed by atoms with E-state index in [1.807, 2.05) is 19.1 Å². The van der Waals surface area contributed by atoms with Crippen molar-refractivity contribution < 1.29 is 5.11 Å². The van der Waals surface area contributed by atoms with Gasteiger partial charge >= 0.3 is 0 Å². The van der Waals surface area contributed by atoms with Gasteiger partial charge in [0, 0.05) is 10.8 Å². The molecule has 1 nitrogen and oxygen atoms in total. The Kier molecular flexibility index (Phi) is 3.00. The molecule has 0 aliphatic heterocycles. The van der Waals surface area contributed by atoms with Gasteiger partial charge in [0.05, 0.1) is 0 Å². The summed E-state index contributed by atoms with van der Waals surface area (Å²) in [6, 6.07) is 4.11. The predicted molar refractivity (Wildman–Crippen MR) is 46.9 cm³/mol. The topological polar surface area (TPSA) is 20.2 Å². The van der Waals surface area contributed by atoms with E-state index in [4.69, 9.17) is 5.11 Å². The first-order valence-corrected chi connectivity index (χ1v) is 4.38. The Morgan fingerprint density at radius 1 is 1.73 bits per heavy atom. The second-order valence-electron chi connectivity index (χ2n) is 2.44. The third kappa shape index (κ3) is 2.65. The average Bonchev–Trinajstić information content (AvgIpc) is 2.40. The summed E-state index contributed by atoms with van der Waals surface area (Å²) in [7, 11) is 0. The molecule has 0 aromatic carbocycles. The van der Waals surface area contributed by atoms with Crippen molar-refractivity contribution in [3.05, 3.63) is 22.4 Å². The molecule has 2 heteroatoms. The molecule has 1 unspecified atom stereocenters. The standard InChI is InChI=1S/C9H10OS/c1-8(4-5-10)7-9-3-2-6-11-9/h2-3,6,8,10H,7H2,1H3. The summed E-state index contributed by atoms with van der Waals surface area (Å²) < 4.78 is 0. The van der Waals surface area contributed by atoms with Crippen LogP contribution in [0.4, 0.5) is 0 Å². The highest BCUT2D eigenvalue weighted by Crippen LogP contribution is 2.13. The van der Waals surface area contributed by atoms with E-state index in [-0.39, 0.29) is 5.92 Å². The Balaban J connectivity index is 2.48. The van der Waals surface area contributed by atoms with Crippen LogP contribution in [0.5, 0.6) is 0 Å². The molecule has 11 heavy (non-hydrogen) atoms. The van der Waals surface area contributed by atoms with Crippen LogP contribution in [0.2, 0.25) is 0 Å². The fraction of sp³-hybridized carbons (Fsp3) is 0.333. The van der Waals surface area contributed by atoms with Crippen molar-refractivity contribution in [1.29, 1.82) is 0 Å². The number of aliphatic hydroxyl groups is 1. The molecule has 0 radical (unpaired) electrons. The second-order valence-corrected chi connectivity index (χ2v) is 3.47. The van der Waals surface area contributed by atoms with E-state index >= 15 is 0 Å². The Labute approximate surface area is 70.7 Å². The molecule has 0 spiro atoms. The van der Waals surface area contributed by atoms with Crippen LogP contribution in [-0.2, 0) is 6.42 Å². The minimum Gasteiger partial charge on any atom is -0.462 e. The van der Waals surface area contributed by atoms with E-state index in [1.54, 1.807) is 11.3 Å². The van der Waals surface area contributed by atoms with E-state index in [0.29, 0.717) is 0 Å². The molecule has 58 valence electrons. The zero-order chi connectivity index (χ0) is 8.10. The van der Waals surface area contributed by atoms with E-state index in [9.17, 15) is 0 Å². The van der Waals surface area contributed by atoms with Crippen molar-refractivity contribution in [1.82, 2.24) is 0 Å². The number of hydrogen-bond acceptors (Lipinski definition) is 2. The van der Waals surface area contributed by atoms with Gasteiger partial charge in [-0.05, 0) is 17.9 Å². The molecule has 0 fully saturated rings. The van der Waals surface area contributed by atoms with Crippen LogP contribution in [0.3, 0.4) is 0 Å². The number of hydrogen-bond donors (Lipinski definition) is 1. The Morgan fingerprint density at radius 3 is 3.09 bits per heavy atom. The van der Waals surface area contributed by atoms with Crippen molar-refractivity contribution in [3.8, 4) is 12.0 Å². The van der Waals surface area contributed by atoms with E-state index in [1.165, 1.54) is 4.88 Å². The molecule has 0 saturated heterocycles. The minimum atomic E-state index is 0.249. The largest absolute Gasteiger partial charge is 0.462 e. The molecule has 0 saturated carbocycles. The van der Waals surface area contributed by atoms with Gasteiger partial charge in [-0.1, -0.05) is 18.9 Å². The molecule has 1 rings (SSSR count). The second kappa shape index (κ2) is 4.05. The first-order valence-electron chi connectivity index (χ1n) is 3.50. The van der Waals surface area contributed by atoms with Crippen molar-refractivity contribution >= 4 is 11.3 Å². The third-order valence-electron chi connectivity index (χ3n) is 1.40. The minimum absolute atomic E-state index is 0.249. The Morgan fingerprint density at radius 2 is 2.55 bits per heavy atom. The maximum atomic E-state index is 8.31. The Bertz CT molecular complexity index is 253. The lowest BCUT2D eigenvalue weighted by molar-refractivity contribution is 0.513. The molecule has 1 N–H and O–H groups in total. The van der Waals surface area contributed by atoms with Gasteiger partial charge in [-0.15, -0.1) is 11.3 Å². The average molecular weight is 166 g/mol. The Hall–Kier alpha value is -0.940. The molecule has 1 atom stereocenters. The molecule has 0 bridgehead atoms. The van der Waals surface area contributed by atoms with Gasteiger partial charge in [-0.3, -0.25) is 0 Å².